The molecule has 2 heterocycles. The minimum Gasteiger partial charge on any atom is -0.387 e. The number of aliphatic hydroxyl groups excluding tert-OH is 1. The standard InChI is InChI=1S/C26H36ClN5O5S/c1-17(2)32(12-13-38(35,36)37)15-21(19-4-6-20(27)7-5-19)26(34)31-10-8-30(9-11-31)25-23-18(3)14-22(33)24(23)28-16-29-25/h4-7,16-18,21-22,33H,8-15H2,1-3H3,(H,35,36,37)/t18-,21-,22-/m1/s1. The van der Waals surface area contributed by atoms with Crippen LogP contribution in [0.5, 0.6) is 0 Å². The quantitative estimate of drug-likeness (QED) is 0.441. The van der Waals surface area contributed by atoms with Gasteiger partial charge in [-0.2, -0.15) is 8.42 Å². The zero-order valence-electron chi connectivity index (χ0n) is 22.0. The van der Waals surface area contributed by atoms with E-state index in [1.807, 2.05) is 35.8 Å². The van der Waals surface area contributed by atoms with Crippen molar-refractivity contribution in [2.75, 3.05) is 49.9 Å². The topological polar surface area (TPSA) is 127 Å². The van der Waals surface area contributed by atoms with Gasteiger partial charge in [0.1, 0.15) is 12.1 Å². The normalized spacial score (nSPS) is 20.7. The molecule has 4 rings (SSSR count). The van der Waals surface area contributed by atoms with Crippen molar-refractivity contribution in [1.29, 1.82) is 0 Å². The fourth-order valence-electron chi connectivity index (χ4n) is 5.36. The first kappa shape index (κ1) is 28.7. The Morgan fingerprint density at radius 3 is 2.42 bits per heavy atom. The van der Waals surface area contributed by atoms with Gasteiger partial charge in [-0.25, -0.2) is 9.97 Å². The summed E-state index contributed by atoms with van der Waals surface area (Å²) >= 11 is 6.10. The molecule has 2 aliphatic rings. The second kappa shape index (κ2) is 11.8. The fourth-order valence-corrected chi connectivity index (χ4v) is 5.95. The van der Waals surface area contributed by atoms with Gasteiger partial charge in [0.05, 0.1) is 23.5 Å². The van der Waals surface area contributed by atoms with E-state index in [0.717, 1.165) is 16.9 Å². The van der Waals surface area contributed by atoms with E-state index in [-0.39, 0.29) is 24.4 Å². The number of hydrogen-bond acceptors (Lipinski definition) is 8. The van der Waals surface area contributed by atoms with Gasteiger partial charge in [-0.15, -0.1) is 0 Å². The molecule has 0 saturated carbocycles. The Kier molecular flexibility index (Phi) is 8.93. The molecule has 10 nitrogen and oxygen atoms in total. The fraction of sp³-hybridized carbons (Fsp3) is 0.577. The third-order valence-electron chi connectivity index (χ3n) is 7.52. The maximum atomic E-state index is 13.9. The van der Waals surface area contributed by atoms with Gasteiger partial charge in [0.25, 0.3) is 10.1 Å². The molecule has 1 aromatic carbocycles. The van der Waals surface area contributed by atoms with Crippen LogP contribution in [0.4, 0.5) is 5.82 Å². The summed E-state index contributed by atoms with van der Waals surface area (Å²) in [4.78, 5) is 28.6. The van der Waals surface area contributed by atoms with Crippen molar-refractivity contribution in [3.63, 3.8) is 0 Å². The van der Waals surface area contributed by atoms with Gasteiger partial charge in [0, 0.05) is 55.9 Å². The van der Waals surface area contributed by atoms with Crippen LogP contribution < -0.4 is 4.90 Å². The average Bonchev–Trinajstić information content (AvgIpc) is 3.17. The van der Waals surface area contributed by atoms with Crippen molar-refractivity contribution in [2.24, 2.45) is 0 Å². The summed E-state index contributed by atoms with van der Waals surface area (Å²) in [5.41, 5.74) is 2.49. The van der Waals surface area contributed by atoms with Crippen LogP contribution in [-0.2, 0) is 14.9 Å². The molecule has 0 spiro atoms. The number of aromatic nitrogens is 2. The zero-order valence-corrected chi connectivity index (χ0v) is 23.6. The molecule has 1 aliphatic heterocycles. The highest BCUT2D eigenvalue weighted by molar-refractivity contribution is 7.85. The molecule has 0 radical (unpaired) electrons. The van der Waals surface area contributed by atoms with E-state index in [2.05, 4.69) is 21.8 Å². The maximum absolute atomic E-state index is 13.9. The predicted octanol–water partition coefficient (Wildman–Crippen LogP) is 2.70. The molecular weight excluding hydrogens is 530 g/mol. The van der Waals surface area contributed by atoms with Crippen LogP contribution in [0.3, 0.4) is 0 Å². The van der Waals surface area contributed by atoms with Crippen LogP contribution in [0.25, 0.3) is 0 Å². The Labute approximate surface area is 229 Å². The summed E-state index contributed by atoms with van der Waals surface area (Å²) in [6, 6.07) is 7.13. The third-order valence-corrected chi connectivity index (χ3v) is 8.47. The SMILES string of the molecule is CC(C)N(CCS(=O)(=O)O)C[C@@H](C(=O)N1CCN(c2ncnc3c2[C@H](C)C[C@H]3O)CC1)c1ccc(Cl)cc1. The van der Waals surface area contributed by atoms with Gasteiger partial charge in [0.15, 0.2) is 0 Å². The summed E-state index contributed by atoms with van der Waals surface area (Å²) in [5, 5.41) is 10.9. The van der Waals surface area contributed by atoms with Crippen molar-refractivity contribution < 1.29 is 22.9 Å². The second-order valence-electron chi connectivity index (χ2n) is 10.4. The van der Waals surface area contributed by atoms with Gasteiger partial charge in [-0.1, -0.05) is 30.7 Å². The van der Waals surface area contributed by atoms with Gasteiger partial charge in [-0.05, 0) is 43.9 Å². The molecule has 38 heavy (non-hydrogen) atoms. The van der Waals surface area contributed by atoms with Gasteiger partial charge < -0.3 is 14.9 Å². The van der Waals surface area contributed by atoms with Gasteiger partial charge >= 0.3 is 0 Å². The molecular formula is C26H36ClN5O5S. The highest BCUT2D eigenvalue weighted by Crippen LogP contribution is 2.42. The maximum Gasteiger partial charge on any atom is 0.266 e. The number of halogens is 1. The van der Waals surface area contributed by atoms with Crippen molar-refractivity contribution in [3.8, 4) is 0 Å². The molecule has 1 amide bonds. The average molecular weight is 566 g/mol. The molecule has 12 heteroatoms. The lowest BCUT2D eigenvalue weighted by atomic mass is 9.95. The number of rotatable bonds is 9. The largest absolute Gasteiger partial charge is 0.387 e. The lowest BCUT2D eigenvalue weighted by Gasteiger charge is -2.39. The molecule has 0 unspecified atom stereocenters. The first-order chi connectivity index (χ1) is 17.9. The minimum atomic E-state index is -4.13. The van der Waals surface area contributed by atoms with Crippen molar-refractivity contribution in [2.45, 2.75) is 51.2 Å². The monoisotopic (exact) mass is 565 g/mol. The van der Waals surface area contributed by atoms with Gasteiger partial charge in [0.2, 0.25) is 5.91 Å². The summed E-state index contributed by atoms with van der Waals surface area (Å²) in [5.74, 6) is 0.0237. The van der Waals surface area contributed by atoms with Crippen molar-refractivity contribution >= 4 is 33.4 Å². The highest BCUT2D eigenvalue weighted by atomic mass is 35.5. The van der Waals surface area contributed by atoms with Crippen LogP contribution in [0.2, 0.25) is 5.02 Å². The Morgan fingerprint density at radius 1 is 1.16 bits per heavy atom. The Balaban J connectivity index is 1.51. The van der Waals surface area contributed by atoms with Crippen molar-refractivity contribution in [1.82, 2.24) is 19.8 Å². The number of fused-ring (bicyclic) bond motifs is 1. The predicted molar refractivity (Wildman–Crippen MR) is 146 cm³/mol. The Bertz CT molecular complexity index is 1240. The molecule has 208 valence electrons. The second-order valence-corrected chi connectivity index (χ2v) is 12.4. The molecule has 0 bridgehead atoms. The number of carbonyl (C=O) groups is 1. The number of piperazine rings is 1. The smallest absolute Gasteiger partial charge is 0.266 e. The Hall–Kier alpha value is -2.31. The highest BCUT2D eigenvalue weighted by Gasteiger charge is 2.35. The first-order valence-electron chi connectivity index (χ1n) is 13.0. The summed E-state index contributed by atoms with van der Waals surface area (Å²) < 4.78 is 32.1. The van der Waals surface area contributed by atoms with Crippen LogP contribution >= 0.6 is 11.6 Å². The molecule has 1 aromatic heterocycles. The van der Waals surface area contributed by atoms with Crippen molar-refractivity contribution in [3.05, 3.63) is 52.4 Å². The Morgan fingerprint density at radius 2 is 1.82 bits per heavy atom. The number of anilines is 1. The summed E-state index contributed by atoms with van der Waals surface area (Å²) in [7, 11) is -4.13. The van der Waals surface area contributed by atoms with Gasteiger partial charge in [-0.3, -0.25) is 14.2 Å². The van der Waals surface area contributed by atoms with Crippen LogP contribution in [0, 0.1) is 0 Å². The number of hydrogen-bond donors (Lipinski definition) is 2. The minimum absolute atomic E-state index is 0.0339. The number of nitrogens with zero attached hydrogens (tertiary/aromatic N) is 5. The molecule has 1 saturated heterocycles. The zero-order chi connectivity index (χ0) is 27.6. The number of carbonyl (C=O) groups excluding carboxylic acids is 1. The number of benzene rings is 1. The van der Waals surface area contributed by atoms with Crippen LogP contribution in [0.1, 0.15) is 62.0 Å². The van der Waals surface area contributed by atoms with E-state index in [1.165, 1.54) is 6.33 Å². The molecule has 1 fully saturated rings. The summed E-state index contributed by atoms with van der Waals surface area (Å²) in [6.07, 6.45) is 1.55. The summed E-state index contributed by atoms with van der Waals surface area (Å²) in [6.45, 7) is 8.57. The van der Waals surface area contributed by atoms with E-state index in [0.29, 0.717) is 49.9 Å². The molecule has 2 N–H and O–H groups in total. The lowest BCUT2D eigenvalue weighted by Crippen LogP contribution is -2.52. The lowest BCUT2D eigenvalue weighted by molar-refractivity contribution is -0.133. The van der Waals surface area contributed by atoms with E-state index >= 15 is 0 Å². The molecule has 2 aromatic rings. The van der Waals surface area contributed by atoms with E-state index in [4.69, 9.17) is 11.6 Å². The van der Waals surface area contributed by atoms with E-state index < -0.39 is 27.9 Å². The number of aliphatic hydroxyl groups is 1. The number of amides is 1. The van der Waals surface area contributed by atoms with E-state index in [1.54, 1.807) is 12.1 Å². The molecule has 3 atom stereocenters. The van der Waals surface area contributed by atoms with Crippen LogP contribution in [-0.4, -0.2) is 94.8 Å². The third kappa shape index (κ3) is 6.63. The first-order valence-corrected chi connectivity index (χ1v) is 14.9. The molecule has 1 aliphatic carbocycles. The van der Waals surface area contributed by atoms with Crippen LogP contribution in [0.15, 0.2) is 30.6 Å². The van der Waals surface area contributed by atoms with E-state index in [9.17, 15) is 22.9 Å².